The number of rotatable bonds is 3. The predicted octanol–water partition coefficient (Wildman–Crippen LogP) is 4.48. The van der Waals surface area contributed by atoms with Crippen molar-refractivity contribution in [1.29, 1.82) is 5.26 Å². The molecule has 1 heterocycles. The van der Waals surface area contributed by atoms with Crippen LogP contribution in [0.25, 0.3) is 10.8 Å². The number of hydrogen-bond donors (Lipinski definition) is 1. The second-order valence-corrected chi connectivity index (χ2v) is 5.63. The lowest BCUT2D eigenvalue weighted by Crippen LogP contribution is -2.01. The Morgan fingerprint density at radius 3 is 2.86 bits per heavy atom. The zero-order valence-corrected chi connectivity index (χ0v) is 12.8. The molecule has 0 aliphatic carbocycles. The maximum atomic E-state index is 9.16. The zero-order valence-electron chi connectivity index (χ0n) is 11.2. The van der Waals surface area contributed by atoms with Gasteiger partial charge < -0.3 is 5.32 Å². The van der Waals surface area contributed by atoms with Gasteiger partial charge in [-0.3, -0.25) is 4.98 Å². The van der Waals surface area contributed by atoms with Crippen molar-refractivity contribution in [1.82, 2.24) is 4.98 Å². The van der Waals surface area contributed by atoms with Crippen LogP contribution >= 0.6 is 15.9 Å². The molecule has 102 valence electrons. The Morgan fingerprint density at radius 2 is 2.00 bits per heavy atom. The number of pyridine rings is 1. The Kier molecular flexibility index (Phi) is 3.85. The molecule has 0 fully saturated rings. The number of aromatic nitrogens is 1. The molecular weight excluding hydrogens is 326 g/mol. The molecule has 0 amide bonds. The van der Waals surface area contributed by atoms with E-state index in [0.717, 1.165) is 15.5 Å². The summed E-state index contributed by atoms with van der Waals surface area (Å²) < 4.78 is 0.905. The van der Waals surface area contributed by atoms with Gasteiger partial charge in [-0.2, -0.15) is 5.26 Å². The molecule has 0 bridgehead atoms. The van der Waals surface area contributed by atoms with E-state index in [1.807, 2.05) is 30.5 Å². The smallest absolute Gasteiger partial charge is 0.101 e. The van der Waals surface area contributed by atoms with Gasteiger partial charge in [0.15, 0.2) is 0 Å². The maximum Gasteiger partial charge on any atom is 0.101 e. The van der Waals surface area contributed by atoms with Crippen molar-refractivity contribution < 1.29 is 0 Å². The van der Waals surface area contributed by atoms with E-state index >= 15 is 0 Å². The maximum absolute atomic E-state index is 9.16. The molecule has 0 atom stereocenters. The summed E-state index contributed by atoms with van der Waals surface area (Å²) in [4.78, 5) is 4.11. The van der Waals surface area contributed by atoms with Gasteiger partial charge in [0.2, 0.25) is 0 Å². The van der Waals surface area contributed by atoms with Gasteiger partial charge in [-0.05, 0) is 41.3 Å². The third-order valence-corrected chi connectivity index (χ3v) is 3.78. The van der Waals surface area contributed by atoms with Crippen molar-refractivity contribution in [2.24, 2.45) is 0 Å². The van der Waals surface area contributed by atoms with Crippen LogP contribution in [0.15, 0.2) is 59.3 Å². The topological polar surface area (TPSA) is 48.7 Å². The summed E-state index contributed by atoms with van der Waals surface area (Å²) >= 11 is 3.38. The Morgan fingerprint density at radius 1 is 1.10 bits per heavy atom. The largest absolute Gasteiger partial charge is 0.380 e. The number of benzene rings is 2. The van der Waals surface area contributed by atoms with E-state index in [2.05, 4.69) is 50.5 Å². The van der Waals surface area contributed by atoms with Crippen LogP contribution in [0.3, 0.4) is 0 Å². The molecule has 3 nitrogen and oxygen atoms in total. The SMILES string of the molecule is N#Cc1cc(Br)ccc1NCc1ccc2cnccc2c1. The number of nitrogens with one attached hydrogen (secondary N) is 1. The predicted molar refractivity (Wildman–Crippen MR) is 87.9 cm³/mol. The standard InChI is InChI=1S/C17H12BrN3/c18-16-3-4-17(15(8-16)9-19)21-10-12-1-2-14-11-20-6-5-13(14)7-12/h1-8,11,21H,10H2. The fourth-order valence-corrected chi connectivity index (χ4v) is 2.56. The third kappa shape index (κ3) is 3.04. The molecule has 0 unspecified atom stereocenters. The molecule has 21 heavy (non-hydrogen) atoms. The van der Waals surface area contributed by atoms with Crippen LogP contribution in [-0.4, -0.2) is 4.98 Å². The van der Waals surface area contributed by atoms with Gasteiger partial charge in [0.05, 0.1) is 11.3 Å². The third-order valence-electron chi connectivity index (χ3n) is 3.29. The summed E-state index contributed by atoms with van der Waals surface area (Å²) in [7, 11) is 0. The van der Waals surface area contributed by atoms with Crippen molar-refractivity contribution in [3.8, 4) is 6.07 Å². The summed E-state index contributed by atoms with van der Waals surface area (Å²) in [5.74, 6) is 0. The molecule has 3 aromatic rings. The number of fused-ring (bicyclic) bond motifs is 1. The molecule has 0 aliphatic heterocycles. The van der Waals surface area contributed by atoms with Crippen LogP contribution in [0.4, 0.5) is 5.69 Å². The summed E-state index contributed by atoms with van der Waals surface area (Å²) in [6.45, 7) is 0.675. The highest BCUT2D eigenvalue weighted by atomic mass is 79.9. The normalized spacial score (nSPS) is 10.3. The van der Waals surface area contributed by atoms with Crippen molar-refractivity contribution >= 4 is 32.4 Å². The first-order chi connectivity index (χ1) is 10.3. The van der Waals surface area contributed by atoms with Crippen LogP contribution in [0.2, 0.25) is 0 Å². The highest BCUT2D eigenvalue weighted by Gasteiger charge is 2.03. The van der Waals surface area contributed by atoms with Crippen LogP contribution < -0.4 is 5.32 Å². The molecule has 0 saturated heterocycles. The monoisotopic (exact) mass is 337 g/mol. The van der Waals surface area contributed by atoms with Gasteiger partial charge in [0.25, 0.3) is 0 Å². The molecule has 1 aromatic heterocycles. The van der Waals surface area contributed by atoms with E-state index < -0.39 is 0 Å². The minimum absolute atomic E-state index is 0.634. The van der Waals surface area contributed by atoms with E-state index in [1.54, 1.807) is 6.20 Å². The minimum atomic E-state index is 0.634. The zero-order chi connectivity index (χ0) is 14.7. The molecule has 3 rings (SSSR count). The van der Waals surface area contributed by atoms with Gasteiger partial charge in [0, 0.05) is 28.8 Å². The van der Waals surface area contributed by atoms with Crippen molar-refractivity contribution in [3.63, 3.8) is 0 Å². The molecule has 0 aliphatic rings. The fourth-order valence-electron chi connectivity index (χ4n) is 2.20. The second kappa shape index (κ2) is 5.94. The van der Waals surface area contributed by atoms with Crippen molar-refractivity contribution in [3.05, 3.63) is 70.5 Å². The van der Waals surface area contributed by atoms with Crippen LogP contribution in [-0.2, 0) is 6.54 Å². The first kappa shape index (κ1) is 13.6. The van der Waals surface area contributed by atoms with Crippen molar-refractivity contribution in [2.75, 3.05) is 5.32 Å². The lowest BCUT2D eigenvalue weighted by atomic mass is 10.1. The Balaban J connectivity index is 1.82. The average Bonchev–Trinajstić information content (AvgIpc) is 2.53. The van der Waals surface area contributed by atoms with Gasteiger partial charge in [-0.25, -0.2) is 0 Å². The molecule has 0 radical (unpaired) electrons. The van der Waals surface area contributed by atoms with E-state index in [1.165, 1.54) is 10.9 Å². The lowest BCUT2D eigenvalue weighted by molar-refractivity contribution is 1.15. The van der Waals surface area contributed by atoms with E-state index in [9.17, 15) is 0 Å². The van der Waals surface area contributed by atoms with Gasteiger partial charge in [-0.15, -0.1) is 0 Å². The van der Waals surface area contributed by atoms with Gasteiger partial charge in [0.1, 0.15) is 6.07 Å². The Bertz CT molecular complexity index is 837. The van der Waals surface area contributed by atoms with Crippen molar-refractivity contribution in [2.45, 2.75) is 6.54 Å². The van der Waals surface area contributed by atoms with E-state index in [-0.39, 0.29) is 0 Å². The Hall–Kier alpha value is -2.38. The highest BCUT2D eigenvalue weighted by molar-refractivity contribution is 9.10. The first-order valence-corrected chi connectivity index (χ1v) is 7.32. The van der Waals surface area contributed by atoms with Gasteiger partial charge in [-0.1, -0.05) is 28.1 Å². The lowest BCUT2D eigenvalue weighted by Gasteiger charge is -2.09. The second-order valence-electron chi connectivity index (χ2n) is 4.71. The Labute approximate surface area is 131 Å². The fraction of sp³-hybridized carbons (Fsp3) is 0.0588. The molecule has 4 heteroatoms. The molecule has 2 aromatic carbocycles. The van der Waals surface area contributed by atoms with Gasteiger partial charge >= 0.3 is 0 Å². The number of nitrogens with zero attached hydrogens (tertiary/aromatic N) is 2. The first-order valence-electron chi connectivity index (χ1n) is 6.52. The molecule has 1 N–H and O–H groups in total. The molecule has 0 spiro atoms. The average molecular weight is 338 g/mol. The number of nitriles is 1. The summed E-state index contributed by atoms with van der Waals surface area (Å²) in [5.41, 5.74) is 2.64. The quantitative estimate of drug-likeness (QED) is 0.766. The minimum Gasteiger partial charge on any atom is -0.380 e. The van der Waals surface area contributed by atoms with E-state index in [0.29, 0.717) is 12.1 Å². The summed E-state index contributed by atoms with van der Waals surface area (Å²) in [6, 6.07) is 16.1. The molecule has 0 saturated carbocycles. The number of hydrogen-bond acceptors (Lipinski definition) is 3. The summed E-state index contributed by atoms with van der Waals surface area (Å²) in [5, 5.41) is 14.8. The van der Waals surface area contributed by atoms with Crippen LogP contribution in [0.1, 0.15) is 11.1 Å². The number of halogens is 1. The summed E-state index contributed by atoms with van der Waals surface area (Å²) in [6.07, 6.45) is 3.65. The van der Waals surface area contributed by atoms with E-state index in [4.69, 9.17) is 5.26 Å². The molecular formula is C17H12BrN3. The van der Waals surface area contributed by atoms with Crippen LogP contribution in [0.5, 0.6) is 0 Å². The van der Waals surface area contributed by atoms with Crippen LogP contribution in [0, 0.1) is 11.3 Å². The number of anilines is 1. The highest BCUT2D eigenvalue weighted by Crippen LogP contribution is 2.21.